The number of hydrogen-bond acceptors (Lipinski definition) is 4. The molecule has 23 heavy (non-hydrogen) atoms. The minimum absolute atomic E-state index is 0. The molecule has 2 saturated heterocycles. The molecule has 2 unspecified atom stereocenters. The fraction of sp³-hybridized carbons (Fsp3) is 0.438. The molecule has 1 aromatic heterocycles. The Bertz CT molecular complexity index is 683. The molecule has 5 nitrogen and oxygen atoms in total. The predicted octanol–water partition coefficient (Wildman–Crippen LogP) is 2.44. The first-order valence-electron chi connectivity index (χ1n) is 7.58. The zero-order valence-electron chi connectivity index (χ0n) is 12.6. The van der Waals surface area contributed by atoms with Gasteiger partial charge in [-0.2, -0.15) is 0 Å². The van der Waals surface area contributed by atoms with Gasteiger partial charge in [-0.15, -0.1) is 24.8 Å². The summed E-state index contributed by atoms with van der Waals surface area (Å²) < 4.78 is 0. The lowest BCUT2D eigenvalue weighted by atomic mass is 10.1. The monoisotopic (exact) mass is 354 g/mol. The minimum Gasteiger partial charge on any atom is -0.330 e. The van der Waals surface area contributed by atoms with E-state index < -0.39 is 0 Å². The van der Waals surface area contributed by atoms with E-state index in [1.165, 1.54) is 0 Å². The van der Waals surface area contributed by atoms with Crippen LogP contribution in [0, 0.1) is 0 Å². The van der Waals surface area contributed by atoms with Crippen molar-refractivity contribution >= 4 is 41.8 Å². The van der Waals surface area contributed by atoms with Crippen LogP contribution >= 0.6 is 24.8 Å². The number of fused-ring (bicyclic) bond motifs is 3. The van der Waals surface area contributed by atoms with Crippen LogP contribution < -0.4 is 5.32 Å². The van der Waals surface area contributed by atoms with Crippen molar-refractivity contribution in [3.05, 3.63) is 36.2 Å². The molecule has 0 saturated carbocycles. The van der Waals surface area contributed by atoms with Gasteiger partial charge in [-0.25, -0.2) is 4.98 Å². The number of amides is 1. The summed E-state index contributed by atoms with van der Waals surface area (Å²) in [4.78, 5) is 23.8. The zero-order chi connectivity index (χ0) is 14.2. The Labute approximate surface area is 147 Å². The second-order valence-corrected chi connectivity index (χ2v) is 5.83. The van der Waals surface area contributed by atoms with E-state index in [9.17, 15) is 4.79 Å². The number of hydrogen-bond donors (Lipinski definition) is 1. The topological polar surface area (TPSA) is 58.1 Å². The van der Waals surface area contributed by atoms with Crippen LogP contribution in [0.15, 0.2) is 30.5 Å². The van der Waals surface area contributed by atoms with Gasteiger partial charge < -0.3 is 10.2 Å². The number of nitrogens with one attached hydrogen (secondary N) is 1. The van der Waals surface area contributed by atoms with Crippen LogP contribution in [-0.4, -0.2) is 45.9 Å². The number of benzene rings is 1. The van der Waals surface area contributed by atoms with E-state index in [-0.39, 0.29) is 30.7 Å². The van der Waals surface area contributed by atoms with Gasteiger partial charge in [0.25, 0.3) is 5.91 Å². The maximum atomic E-state index is 12.9. The summed E-state index contributed by atoms with van der Waals surface area (Å²) in [5.74, 6) is 0.0319. The molecular formula is C16H20Cl2N4O. The molecule has 0 spiro atoms. The molecule has 124 valence electrons. The van der Waals surface area contributed by atoms with E-state index in [2.05, 4.69) is 15.3 Å². The molecule has 0 radical (unpaired) electrons. The van der Waals surface area contributed by atoms with Crippen LogP contribution in [0.3, 0.4) is 0 Å². The summed E-state index contributed by atoms with van der Waals surface area (Å²) in [6, 6.07) is 8.32. The summed E-state index contributed by atoms with van der Waals surface area (Å²) in [6.45, 7) is 1.89. The standard InChI is InChI=1S/C16H18N4O.2ClH/c21-16(20-11-5-6-12(20)9-17-8-7-11)15-10-18-13-3-1-2-4-14(13)19-15;;/h1-4,10-12,17H,5-9H2;2*1H. The van der Waals surface area contributed by atoms with Crippen LogP contribution in [0.1, 0.15) is 29.8 Å². The Morgan fingerprint density at radius 2 is 1.83 bits per heavy atom. The average molecular weight is 355 g/mol. The Hall–Kier alpha value is -1.43. The van der Waals surface area contributed by atoms with Crippen LogP contribution in [0.25, 0.3) is 11.0 Å². The molecule has 1 N–H and O–H groups in total. The minimum atomic E-state index is 0. The van der Waals surface area contributed by atoms with Gasteiger partial charge in [-0.3, -0.25) is 9.78 Å². The molecule has 2 fully saturated rings. The third-order valence-electron chi connectivity index (χ3n) is 4.56. The molecule has 3 heterocycles. The Balaban J connectivity index is 0.000000960. The molecule has 2 aromatic rings. The van der Waals surface area contributed by atoms with Gasteiger partial charge in [0, 0.05) is 18.6 Å². The van der Waals surface area contributed by atoms with Crippen LogP contribution in [0.4, 0.5) is 0 Å². The van der Waals surface area contributed by atoms with Crippen molar-refractivity contribution in [3.8, 4) is 0 Å². The summed E-state index contributed by atoms with van der Waals surface area (Å²) in [5, 5.41) is 3.41. The predicted molar refractivity (Wildman–Crippen MR) is 94.5 cm³/mol. The fourth-order valence-corrected chi connectivity index (χ4v) is 3.51. The normalized spacial score (nSPS) is 22.9. The highest BCUT2D eigenvalue weighted by Gasteiger charge is 2.38. The quantitative estimate of drug-likeness (QED) is 0.854. The smallest absolute Gasteiger partial charge is 0.274 e. The first kappa shape index (κ1) is 17.9. The number of aromatic nitrogens is 2. The van der Waals surface area contributed by atoms with Gasteiger partial charge in [-0.05, 0) is 37.9 Å². The van der Waals surface area contributed by atoms with Crippen LogP contribution in [0.5, 0.6) is 0 Å². The van der Waals surface area contributed by atoms with Crippen molar-refractivity contribution < 1.29 is 4.79 Å². The van der Waals surface area contributed by atoms with E-state index in [4.69, 9.17) is 0 Å². The van der Waals surface area contributed by atoms with Gasteiger partial charge in [0.1, 0.15) is 5.69 Å². The molecule has 2 aliphatic heterocycles. The SMILES string of the molecule is Cl.Cl.O=C(c1cnc2ccccc2n1)N1C2CCNCC1CC2. The fourth-order valence-electron chi connectivity index (χ4n) is 3.51. The molecule has 2 bridgehead atoms. The number of rotatable bonds is 1. The van der Waals surface area contributed by atoms with Gasteiger partial charge in [0.15, 0.2) is 0 Å². The van der Waals surface area contributed by atoms with Crippen molar-refractivity contribution in [2.24, 2.45) is 0 Å². The molecule has 2 atom stereocenters. The van der Waals surface area contributed by atoms with Gasteiger partial charge in [0.2, 0.25) is 0 Å². The first-order chi connectivity index (χ1) is 10.3. The van der Waals surface area contributed by atoms with E-state index in [0.29, 0.717) is 17.8 Å². The molecule has 0 aliphatic carbocycles. The van der Waals surface area contributed by atoms with Gasteiger partial charge in [0.05, 0.1) is 17.2 Å². The number of halogens is 2. The number of nitrogens with zero attached hydrogens (tertiary/aromatic N) is 3. The van der Waals surface area contributed by atoms with E-state index in [1.54, 1.807) is 6.20 Å². The number of carbonyl (C=O) groups excluding carboxylic acids is 1. The van der Waals surface area contributed by atoms with Crippen molar-refractivity contribution in [2.75, 3.05) is 13.1 Å². The van der Waals surface area contributed by atoms with Crippen molar-refractivity contribution in [3.63, 3.8) is 0 Å². The Morgan fingerprint density at radius 3 is 2.65 bits per heavy atom. The molecule has 1 amide bonds. The average Bonchev–Trinajstić information content (AvgIpc) is 2.79. The van der Waals surface area contributed by atoms with E-state index in [0.717, 1.165) is 43.4 Å². The molecular weight excluding hydrogens is 335 g/mol. The largest absolute Gasteiger partial charge is 0.330 e. The van der Waals surface area contributed by atoms with Crippen molar-refractivity contribution in [1.82, 2.24) is 20.2 Å². The highest BCUT2D eigenvalue weighted by atomic mass is 35.5. The lowest BCUT2D eigenvalue weighted by Gasteiger charge is -2.27. The Morgan fingerprint density at radius 1 is 1.09 bits per heavy atom. The maximum Gasteiger partial charge on any atom is 0.274 e. The highest BCUT2D eigenvalue weighted by molar-refractivity contribution is 5.94. The third kappa shape index (κ3) is 3.27. The second kappa shape index (κ2) is 7.43. The Kier molecular flexibility index (Phi) is 5.79. The second-order valence-electron chi connectivity index (χ2n) is 5.83. The zero-order valence-corrected chi connectivity index (χ0v) is 14.3. The van der Waals surface area contributed by atoms with E-state index in [1.807, 2.05) is 29.2 Å². The lowest BCUT2D eigenvalue weighted by molar-refractivity contribution is 0.0674. The van der Waals surface area contributed by atoms with E-state index >= 15 is 0 Å². The third-order valence-corrected chi connectivity index (χ3v) is 4.56. The maximum absolute atomic E-state index is 12.9. The lowest BCUT2D eigenvalue weighted by Crippen LogP contribution is -2.42. The number of carbonyl (C=O) groups is 1. The first-order valence-corrected chi connectivity index (χ1v) is 7.58. The number of para-hydroxylation sites is 2. The van der Waals surface area contributed by atoms with Gasteiger partial charge >= 0.3 is 0 Å². The van der Waals surface area contributed by atoms with Crippen LogP contribution in [0.2, 0.25) is 0 Å². The van der Waals surface area contributed by atoms with Crippen molar-refractivity contribution in [1.29, 1.82) is 0 Å². The van der Waals surface area contributed by atoms with Crippen LogP contribution in [-0.2, 0) is 0 Å². The van der Waals surface area contributed by atoms with Gasteiger partial charge in [-0.1, -0.05) is 12.1 Å². The summed E-state index contributed by atoms with van der Waals surface area (Å²) in [7, 11) is 0. The molecule has 2 aliphatic rings. The summed E-state index contributed by atoms with van der Waals surface area (Å²) in [5.41, 5.74) is 2.07. The summed E-state index contributed by atoms with van der Waals surface area (Å²) in [6.07, 6.45) is 4.84. The molecule has 1 aromatic carbocycles. The highest BCUT2D eigenvalue weighted by Crippen LogP contribution is 2.29. The van der Waals surface area contributed by atoms with Crippen molar-refractivity contribution in [2.45, 2.75) is 31.3 Å². The summed E-state index contributed by atoms with van der Waals surface area (Å²) >= 11 is 0. The molecule has 4 rings (SSSR count). The molecule has 7 heteroatoms.